The van der Waals surface area contributed by atoms with Crippen molar-refractivity contribution < 1.29 is 14.3 Å². The summed E-state index contributed by atoms with van der Waals surface area (Å²) in [5, 5.41) is 5.33. The van der Waals surface area contributed by atoms with Crippen LogP contribution in [0.3, 0.4) is 0 Å². The van der Waals surface area contributed by atoms with Gasteiger partial charge in [0, 0.05) is 0 Å². The van der Waals surface area contributed by atoms with Crippen molar-refractivity contribution in [1.29, 1.82) is 0 Å². The van der Waals surface area contributed by atoms with Crippen molar-refractivity contribution in [3.05, 3.63) is 71.3 Å². The average Bonchev–Trinajstić information content (AvgIpc) is 2.72. The topological polar surface area (TPSA) is 47.6 Å². The maximum Gasteiger partial charge on any atom is 0.261 e. The number of amides is 1. The van der Waals surface area contributed by atoms with Gasteiger partial charge in [0.1, 0.15) is 11.5 Å². The minimum atomic E-state index is -0.600. The van der Waals surface area contributed by atoms with E-state index in [-0.39, 0.29) is 11.9 Å². The number of aryl methyl sites for hydroxylation is 1. The maximum atomic E-state index is 12.8. The average molecular weight is 406 g/mol. The van der Waals surface area contributed by atoms with Crippen molar-refractivity contribution in [2.45, 2.75) is 52.7 Å². The first-order valence-electron chi connectivity index (χ1n) is 10.4. The predicted octanol–water partition coefficient (Wildman–Crippen LogP) is 5.92. The van der Waals surface area contributed by atoms with Crippen molar-refractivity contribution >= 4 is 16.7 Å². The molecule has 3 aromatic rings. The number of hydrogen-bond donors (Lipinski definition) is 1. The molecular formula is C26H31NO3. The molecule has 0 saturated heterocycles. The molecule has 0 spiro atoms. The number of benzene rings is 3. The molecule has 30 heavy (non-hydrogen) atoms. The van der Waals surface area contributed by atoms with Gasteiger partial charge in [-0.15, -0.1) is 0 Å². The van der Waals surface area contributed by atoms with Crippen molar-refractivity contribution in [1.82, 2.24) is 5.32 Å². The SMILES string of the molecule is COc1cc(C)c(C(C)NC(=O)C(C)Oc2ccc3ccccc3c2)cc1C(C)C. The third-order valence-electron chi connectivity index (χ3n) is 5.47. The Balaban J connectivity index is 1.72. The molecule has 158 valence electrons. The number of methoxy groups -OCH3 is 1. The van der Waals surface area contributed by atoms with E-state index < -0.39 is 6.10 Å². The Kier molecular flexibility index (Phi) is 6.66. The molecule has 1 amide bonds. The van der Waals surface area contributed by atoms with Gasteiger partial charge in [0.15, 0.2) is 6.10 Å². The molecule has 4 heteroatoms. The number of carbonyl (C=O) groups excluding carboxylic acids is 1. The van der Waals surface area contributed by atoms with Crippen molar-refractivity contribution in [3.63, 3.8) is 0 Å². The van der Waals surface area contributed by atoms with Crippen LogP contribution in [0.4, 0.5) is 0 Å². The van der Waals surface area contributed by atoms with Gasteiger partial charge in [-0.25, -0.2) is 0 Å². The Bertz CT molecular complexity index is 1040. The molecule has 0 heterocycles. The fourth-order valence-corrected chi connectivity index (χ4v) is 3.72. The summed E-state index contributed by atoms with van der Waals surface area (Å²) in [6.07, 6.45) is -0.600. The summed E-state index contributed by atoms with van der Waals surface area (Å²) in [5.41, 5.74) is 3.32. The van der Waals surface area contributed by atoms with Crippen LogP contribution in [0.15, 0.2) is 54.6 Å². The van der Waals surface area contributed by atoms with E-state index in [1.54, 1.807) is 14.0 Å². The molecule has 3 aromatic carbocycles. The highest BCUT2D eigenvalue weighted by Crippen LogP contribution is 2.32. The zero-order chi connectivity index (χ0) is 21.8. The van der Waals surface area contributed by atoms with Gasteiger partial charge in [0.25, 0.3) is 5.91 Å². The lowest BCUT2D eigenvalue weighted by molar-refractivity contribution is -0.127. The van der Waals surface area contributed by atoms with Gasteiger partial charge in [-0.2, -0.15) is 0 Å². The number of hydrogen-bond acceptors (Lipinski definition) is 3. The summed E-state index contributed by atoms with van der Waals surface area (Å²) in [5.74, 6) is 1.76. The molecule has 0 aliphatic heterocycles. The van der Waals surface area contributed by atoms with E-state index in [0.717, 1.165) is 33.2 Å². The van der Waals surface area contributed by atoms with E-state index in [4.69, 9.17) is 9.47 Å². The van der Waals surface area contributed by atoms with E-state index in [1.165, 1.54) is 0 Å². The van der Waals surface area contributed by atoms with E-state index >= 15 is 0 Å². The summed E-state index contributed by atoms with van der Waals surface area (Å²) in [6, 6.07) is 18.0. The van der Waals surface area contributed by atoms with Crippen LogP contribution in [0.1, 0.15) is 56.3 Å². The molecule has 0 saturated carbocycles. The summed E-state index contributed by atoms with van der Waals surface area (Å²) >= 11 is 0. The van der Waals surface area contributed by atoms with Crippen LogP contribution >= 0.6 is 0 Å². The van der Waals surface area contributed by atoms with Crippen molar-refractivity contribution in [2.24, 2.45) is 0 Å². The van der Waals surface area contributed by atoms with E-state index in [2.05, 4.69) is 31.3 Å². The molecule has 0 bridgehead atoms. The first kappa shape index (κ1) is 21.7. The molecule has 0 fully saturated rings. The van der Waals surface area contributed by atoms with Gasteiger partial charge in [-0.05, 0) is 78.4 Å². The third-order valence-corrected chi connectivity index (χ3v) is 5.47. The summed E-state index contributed by atoms with van der Waals surface area (Å²) in [4.78, 5) is 12.8. The van der Waals surface area contributed by atoms with Crippen LogP contribution in [-0.2, 0) is 4.79 Å². The fourth-order valence-electron chi connectivity index (χ4n) is 3.72. The van der Waals surface area contributed by atoms with E-state index in [1.807, 2.05) is 56.3 Å². The largest absolute Gasteiger partial charge is 0.496 e. The lowest BCUT2D eigenvalue weighted by atomic mass is 9.93. The lowest BCUT2D eigenvalue weighted by Gasteiger charge is -2.23. The molecule has 1 N–H and O–H groups in total. The highest BCUT2D eigenvalue weighted by Gasteiger charge is 2.20. The zero-order valence-electron chi connectivity index (χ0n) is 18.7. The summed E-state index contributed by atoms with van der Waals surface area (Å²) in [7, 11) is 1.69. The number of rotatable bonds is 7. The molecule has 0 aliphatic rings. The molecule has 2 unspecified atom stereocenters. The van der Waals surface area contributed by atoms with Crippen LogP contribution in [0.2, 0.25) is 0 Å². The Morgan fingerprint density at radius 3 is 2.27 bits per heavy atom. The predicted molar refractivity (Wildman–Crippen MR) is 122 cm³/mol. The summed E-state index contributed by atoms with van der Waals surface area (Å²) < 4.78 is 11.4. The highest BCUT2D eigenvalue weighted by atomic mass is 16.5. The molecular weight excluding hydrogens is 374 g/mol. The first-order valence-corrected chi connectivity index (χ1v) is 10.4. The molecule has 0 aromatic heterocycles. The molecule has 4 nitrogen and oxygen atoms in total. The summed E-state index contributed by atoms with van der Waals surface area (Å²) in [6.45, 7) is 10.1. The Hall–Kier alpha value is -3.01. The monoisotopic (exact) mass is 405 g/mol. The smallest absolute Gasteiger partial charge is 0.261 e. The quantitative estimate of drug-likeness (QED) is 0.530. The van der Waals surface area contributed by atoms with Gasteiger partial charge in [0.2, 0.25) is 0 Å². The van der Waals surface area contributed by atoms with Crippen LogP contribution in [0.25, 0.3) is 10.8 Å². The Morgan fingerprint density at radius 2 is 1.60 bits per heavy atom. The fraction of sp³-hybridized carbons (Fsp3) is 0.346. The van der Waals surface area contributed by atoms with Gasteiger partial charge in [0.05, 0.1) is 13.2 Å². The highest BCUT2D eigenvalue weighted by molar-refractivity contribution is 5.84. The van der Waals surface area contributed by atoms with Gasteiger partial charge in [-0.1, -0.05) is 44.2 Å². The van der Waals surface area contributed by atoms with Gasteiger partial charge >= 0.3 is 0 Å². The molecule has 0 radical (unpaired) electrons. The van der Waals surface area contributed by atoms with Crippen LogP contribution < -0.4 is 14.8 Å². The standard InChI is InChI=1S/C26H31NO3/c1-16(2)23-15-24(17(3)13-25(23)29-6)18(4)27-26(28)19(5)30-22-12-11-20-9-7-8-10-21(20)14-22/h7-16,18-19H,1-6H3,(H,27,28). The number of nitrogens with one attached hydrogen (secondary N) is 1. The second kappa shape index (κ2) is 9.21. The van der Waals surface area contributed by atoms with Crippen LogP contribution in [0, 0.1) is 6.92 Å². The number of carbonyl (C=O) groups is 1. The van der Waals surface area contributed by atoms with Crippen LogP contribution in [-0.4, -0.2) is 19.1 Å². The first-order chi connectivity index (χ1) is 14.3. The minimum absolute atomic E-state index is 0.136. The second-order valence-corrected chi connectivity index (χ2v) is 8.10. The van der Waals surface area contributed by atoms with E-state index in [0.29, 0.717) is 11.7 Å². The number of ether oxygens (including phenoxy) is 2. The third kappa shape index (κ3) is 4.76. The van der Waals surface area contributed by atoms with Crippen molar-refractivity contribution in [3.8, 4) is 11.5 Å². The van der Waals surface area contributed by atoms with Gasteiger partial charge in [-0.3, -0.25) is 4.79 Å². The molecule has 0 aliphatic carbocycles. The van der Waals surface area contributed by atoms with Crippen molar-refractivity contribution in [2.75, 3.05) is 7.11 Å². The minimum Gasteiger partial charge on any atom is -0.496 e. The molecule has 2 atom stereocenters. The Labute approximate surface area is 179 Å². The number of fused-ring (bicyclic) bond motifs is 1. The zero-order valence-corrected chi connectivity index (χ0v) is 18.7. The van der Waals surface area contributed by atoms with E-state index in [9.17, 15) is 4.79 Å². The second-order valence-electron chi connectivity index (χ2n) is 8.10. The van der Waals surface area contributed by atoms with Crippen LogP contribution in [0.5, 0.6) is 11.5 Å². The van der Waals surface area contributed by atoms with Gasteiger partial charge < -0.3 is 14.8 Å². The normalized spacial score (nSPS) is 13.2. The molecule has 3 rings (SSSR count). The lowest BCUT2D eigenvalue weighted by Crippen LogP contribution is -2.38. The maximum absolute atomic E-state index is 12.8. The Morgan fingerprint density at radius 1 is 0.900 bits per heavy atom.